The predicted molar refractivity (Wildman–Crippen MR) is 70.7 cm³/mol. The summed E-state index contributed by atoms with van der Waals surface area (Å²) in [5.41, 5.74) is 7.12. The van der Waals surface area contributed by atoms with Crippen LogP contribution in [0.1, 0.15) is 32.3 Å². The first-order valence-electron chi connectivity index (χ1n) is 5.94. The van der Waals surface area contributed by atoms with E-state index in [1.165, 1.54) is 5.56 Å². The average Bonchev–Trinajstić information content (AvgIpc) is 2.77. The van der Waals surface area contributed by atoms with Gasteiger partial charge in [-0.2, -0.15) is 11.3 Å². The van der Waals surface area contributed by atoms with E-state index in [9.17, 15) is 5.11 Å². The van der Waals surface area contributed by atoms with Gasteiger partial charge in [-0.1, -0.05) is 13.8 Å². The first kappa shape index (κ1) is 13.7. The van der Waals surface area contributed by atoms with E-state index >= 15 is 0 Å². The smallest absolute Gasteiger partial charge is 0.0499 e. The highest BCUT2D eigenvalue weighted by molar-refractivity contribution is 7.07. The molecule has 3 heteroatoms. The third kappa shape index (κ3) is 3.89. The van der Waals surface area contributed by atoms with Gasteiger partial charge in [-0.3, -0.25) is 0 Å². The number of aliphatic hydroxyl groups excluding tert-OH is 1. The second kappa shape index (κ2) is 6.38. The lowest BCUT2D eigenvalue weighted by Crippen LogP contribution is -2.36. The molecule has 1 unspecified atom stereocenters. The summed E-state index contributed by atoms with van der Waals surface area (Å²) in [6, 6.07) is 2.15. The molecule has 0 aromatic carbocycles. The number of thiophene rings is 1. The fraction of sp³-hybridized carbons (Fsp3) is 0.692. The molecule has 0 saturated heterocycles. The molecule has 0 aliphatic heterocycles. The number of rotatable bonds is 7. The van der Waals surface area contributed by atoms with E-state index in [2.05, 4.69) is 30.7 Å². The SMILES string of the molecule is CC(C)CC(CN)(CO)CCc1ccsc1. The molecule has 0 aliphatic rings. The average molecular weight is 241 g/mol. The predicted octanol–water partition coefficient (Wildman–Crippen LogP) is 2.66. The molecule has 1 atom stereocenters. The number of hydrogen-bond donors (Lipinski definition) is 2. The van der Waals surface area contributed by atoms with Gasteiger partial charge in [0.1, 0.15) is 0 Å². The van der Waals surface area contributed by atoms with E-state index in [-0.39, 0.29) is 12.0 Å². The molecule has 92 valence electrons. The molecule has 1 aromatic heterocycles. The van der Waals surface area contributed by atoms with Crippen molar-refractivity contribution in [3.05, 3.63) is 22.4 Å². The molecule has 0 saturated carbocycles. The summed E-state index contributed by atoms with van der Waals surface area (Å²) in [6.45, 7) is 5.15. The molecule has 2 nitrogen and oxygen atoms in total. The van der Waals surface area contributed by atoms with Crippen LogP contribution in [-0.4, -0.2) is 18.3 Å². The second-order valence-electron chi connectivity index (χ2n) is 5.09. The van der Waals surface area contributed by atoms with Gasteiger partial charge < -0.3 is 10.8 Å². The summed E-state index contributed by atoms with van der Waals surface area (Å²) in [5, 5.41) is 13.8. The summed E-state index contributed by atoms with van der Waals surface area (Å²) in [5.74, 6) is 0.582. The van der Waals surface area contributed by atoms with Gasteiger partial charge in [0.05, 0.1) is 0 Å². The van der Waals surface area contributed by atoms with Gasteiger partial charge in [0.15, 0.2) is 0 Å². The van der Waals surface area contributed by atoms with Gasteiger partial charge in [-0.15, -0.1) is 0 Å². The van der Waals surface area contributed by atoms with E-state index < -0.39 is 0 Å². The lowest BCUT2D eigenvalue weighted by Gasteiger charge is -2.32. The Kier molecular flexibility index (Phi) is 5.46. The van der Waals surface area contributed by atoms with Crippen LogP contribution in [0.3, 0.4) is 0 Å². The maximum atomic E-state index is 9.58. The minimum absolute atomic E-state index is 0.0872. The molecule has 0 aliphatic carbocycles. The Morgan fingerprint density at radius 3 is 2.69 bits per heavy atom. The Morgan fingerprint density at radius 2 is 2.25 bits per heavy atom. The monoisotopic (exact) mass is 241 g/mol. The van der Waals surface area contributed by atoms with Crippen LogP contribution in [-0.2, 0) is 6.42 Å². The van der Waals surface area contributed by atoms with Gasteiger partial charge in [0.2, 0.25) is 0 Å². The minimum Gasteiger partial charge on any atom is -0.396 e. The van der Waals surface area contributed by atoms with Crippen molar-refractivity contribution in [1.82, 2.24) is 0 Å². The summed E-state index contributed by atoms with van der Waals surface area (Å²) in [4.78, 5) is 0. The van der Waals surface area contributed by atoms with Gasteiger partial charge in [0, 0.05) is 18.6 Å². The maximum Gasteiger partial charge on any atom is 0.0499 e. The van der Waals surface area contributed by atoms with Gasteiger partial charge in [0.25, 0.3) is 0 Å². The zero-order chi connectivity index (χ0) is 12.0. The van der Waals surface area contributed by atoms with Crippen LogP contribution in [0.4, 0.5) is 0 Å². The Morgan fingerprint density at radius 1 is 1.50 bits per heavy atom. The largest absolute Gasteiger partial charge is 0.396 e. The molecule has 0 bridgehead atoms. The number of hydrogen-bond acceptors (Lipinski definition) is 3. The van der Waals surface area contributed by atoms with Gasteiger partial charge >= 0.3 is 0 Å². The molecule has 16 heavy (non-hydrogen) atoms. The standard InChI is InChI=1S/C13H23NOS/c1-11(2)7-13(9-14,10-15)5-3-12-4-6-16-8-12/h4,6,8,11,15H,3,5,7,9-10,14H2,1-2H3. The fourth-order valence-electron chi connectivity index (χ4n) is 2.21. The first-order valence-corrected chi connectivity index (χ1v) is 6.88. The van der Waals surface area contributed by atoms with Crippen molar-refractivity contribution in [3.8, 4) is 0 Å². The van der Waals surface area contributed by atoms with Crippen molar-refractivity contribution >= 4 is 11.3 Å². The minimum atomic E-state index is -0.0872. The summed E-state index contributed by atoms with van der Waals surface area (Å²) < 4.78 is 0. The normalized spacial score (nSPS) is 15.3. The number of aryl methyl sites for hydroxylation is 1. The number of nitrogens with two attached hydrogens (primary N) is 1. The molecule has 1 aromatic rings. The van der Waals surface area contributed by atoms with Crippen LogP contribution in [0.15, 0.2) is 16.8 Å². The number of aliphatic hydroxyl groups is 1. The summed E-state index contributed by atoms with van der Waals surface area (Å²) >= 11 is 1.73. The van der Waals surface area contributed by atoms with E-state index in [0.717, 1.165) is 19.3 Å². The molecule has 0 spiro atoms. The van der Waals surface area contributed by atoms with E-state index in [1.807, 2.05) is 0 Å². The molecule has 0 fully saturated rings. The first-order chi connectivity index (χ1) is 7.62. The van der Waals surface area contributed by atoms with Crippen molar-refractivity contribution < 1.29 is 5.11 Å². The highest BCUT2D eigenvalue weighted by atomic mass is 32.1. The van der Waals surface area contributed by atoms with Crippen molar-refractivity contribution in [1.29, 1.82) is 0 Å². The third-order valence-electron chi connectivity index (χ3n) is 3.13. The lowest BCUT2D eigenvalue weighted by molar-refractivity contribution is 0.0989. The van der Waals surface area contributed by atoms with Crippen molar-refractivity contribution in [3.63, 3.8) is 0 Å². The Bertz CT molecular complexity index is 278. The molecule has 3 N–H and O–H groups in total. The van der Waals surface area contributed by atoms with E-state index in [4.69, 9.17) is 5.73 Å². The van der Waals surface area contributed by atoms with E-state index in [0.29, 0.717) is 12.5 Å². The maximum absolute atomic E-state index is 9.58. The van der Waals surface area contributed by atoms with Crippen LogP contribution in [0.5, 0.6) is 0 Å². The molecule has 0 radical (unpaired) electrons. The molecule has 1 heterocycles. The molecular weight excluding hydrogens is 218 g/mol. The van der Waals surface area contributed by atoms with Crippen LogP contribution >= 0.6 is 11.3 Å². The molecular formula is C13H23NOS. The highest BCUT2D eigenvalue weighted by Crippen LogP contribution is 2.30. The van der Waals surface area contributed by atoms with Crippen LogP contribution in [0.2, 0.25) is 0 Å². The molecule has 1 rings (SSSR count). The third-order valence-corrected chi connectivity index (χ3v) is 3.87. The topological polar surface area (TPSA) is 46.2 Å². The van der Waals surface area contributed by atoms with Crippen molar-refractivity contribution in [2.45, 2.75) is 33.1 Å². The zero-order valence-electron chi connectivity index (χ0n) is 10.3. The summed E-state index contributed by atoms with van der Waals surface area (Å²) in [6.07, 6.45) is 3.01. The highest BCUT2D eigenvalue weighted by Gasteiger charge is 2.28. The lowest BCUT2D eigenvalue weighted by atomic mass is 9.76. The zero-order valence-corrected chi connectivity index (χ0v) is 11.1. The fourth-order valence-corrected chi connectivity index (χ4v) is 2.91. The molecule has 0 amide bonds. The summed E-state index contributed by atoms with van der Waals surface area (Å²) in [7, 11) is 0. The quantitative estimate of drug-likeness (QED) is 0.771. The van der Waals surface area contributed by atoms with Crippen LogP contribution in [0.25, 0.3) is 0 Å². The second-order valence-corrected chi connectivity index (χ2v) is 5.87. The van der Waals surface area contributed by atoms with Crippen LogP contribution < -0.4 is 5.73 Å². The van der Waals surface area contributed by atoms with E-state index in [1.54, 1.807) is 11.3 Å². The van der Waals surface area contributed by atoms with Gasteiger partial charge in [-0.05, 0) is 47.6 Å². The Labute approximate surface area is 102 Å². The Balaban J connectivity index is 2.56. The van der Waals surface area contributed by atoms with Crippen molar-refractivity contribution in [2.24, 2.45) is 17.1 Å². The van der Waals surface area contributed by atoms with Crippen LogP contribution in [0, 0.1) is 11.3 Å². The Hall–Kier alpha value is -0.380. The van der Waals surface area contributed by atoms with Gasteiger partial charge in [-0.25, -0.2) is 0 Å². The van der Waals surface area contributed by atoms with Crippen molar-refractivity contribution in [2.75, 3.05) is 13.2 Å².